The Morgan fingerprint density at radius 1 is 1.26 bits per heavy atom. The zero-order chi connectivity index (χ0) is 16.4. The van der Waals surface area contributed by atoms with E-state index in [0.717, 1.165) is 36.3 Å². The minimum Gasteiger partial charge on any atom is -0.272 e. The van der Waals surface area contributed by atoms with Gasteiger partial charge in [-0.25, -0.2) is 12.7 Å². The van der Waals surface area contributed by atoms with E-state index in [4.69, 9.17) is 0 Å². The van der Waals surface area contributed by atoms with Gasteiger partial charge >= 0.3 is 0 Å². The summed E-state index contributed by atoms with van der Waals surface area (Å²) < 4.78 is 26.8. The Morgan fingerprint density at radius 2 is 2.09 bits per heavy atom. The number of nitrogens with zero attached hydrogens (tertiary/aromatic N) is 5. The third kappa shape index (κ3) is 3.59. The Kier molecular flexibility index (Phi) is 4.45. The van der Waals surface area contributed by atoms with Crippen molar-refractivity contribution < 1.29 is 8.42 Å². The van der Waals surface area contributed by atoms with E-state index < -0.39 is 10.0 Å². The molecule has 7 nitrogen and oxygen atoms in total. The van der Waals surface area contributed by atoms with Gasteiger partial charge in [0.05, 0.1) is 30.0 Å². The molecule has 2 aromatic rings. The van der Waals surface area contributed by atoms with E-state index in [2.05, 4.69) is 15.1 Å². The molecule has 0 bridgehead atoms. The van der Waals surface area contributed by atoms with Gasteiger partial charge < -0.3 is 0 Å². The summed E-state index contributed by atoms with van der Waals surface area (Å²) in [6.07, 6.45) is 10.3. The van der Waals surface area contributed by atoms with Gasteiger partial charge in [-0.15, -0.1) is 0 Å². The van der Waals surface area contributed by atoms with E-state index in [-0.39, 0.29) is 5.92 Å². The van der Waals surface area contributed by atoms with Crippen LogP contribution in [0.5, 0.6) is 0 Å². The quantitative estimate of drug-likeness (QED) is 0.846. The van der Waals surface area contributed by atoms with E-state index in [1.807, 2.05) is 17.8 Å². The van der Waals surface area contributed by atoms with Crippen LogP contribution in [0.15, 0.2) is 24.8 Å². The van der Waals surface area contributed by atoms with Crippen molar-refractivity contribution in [2.24, 2.45) is 0 Å². The number of rotatable bonds is 4. The number of aryl methyl sites for hydroxylation is 1. The van der Waals surface area contributed by atoms with Gasteiger partial charge in [-0.2, -0.15) is 5.10 Å². The van der Waals surface area contributed by atoms with Gasteiger partial charge in [-0.05, 0) is 19.8 Å². The van der Waals surface area contributed by atoms with Gasteiger partial charge in [0.15, 0.2) is 0 Å². The lowest BCUT2D eigenvalue weighted by atomic mass is 9.96. The molecule has 1 fully saturated rings. The topological polar surface area (TPSA) is 81.0 Å². The van der Waals surface area contributed by atoms with Crippen molar-refractivity contribution in [2.45, 2.75) is 32.2 Å². The molecule has 0 spiro atoms. The first-order valence-electron chi connectivity index (χ1n) is 7.77. The predicted octanol–water partition coefficient (Wildman–Crippen LogP) is 1.50. The summed E-state index contributed by atoms with van der Waals surface area (Å²) >= 11 is 0. The molecule has 0 amide bonds. The fourth-order valence-corrected chi connectivity index (χ4v) is 3.76. The smallest absolute Gasteiger partial charge is 0.211 e. The fraction of sp³-hybridized carbons (Fsp3) is 0.533. The molecule has 1 atom stereocenters. The van der Waals surface area contributed by atoms with Crippen molar-refractivity contribution in [2.75, 3.05) is 19.3 Å². The highest BCUT2D eigenvalue weighted by Crippen LogP contribution is 2.27. The zero-order valence-electron chi connectivity index (χ0n) is 13.4. The number of sulfonamides is 1. The Morgan fingerprint density at radius 3 is 2.70 bits per heavy atom. The highest BCUT2D eigenvalue weighted by atomic mass is 32.2. The van der Waals surface area contributed by atoms with Crippen molar-refractivity contribution in [3.63, 3.8) is 0 Å². The Labute approximate surface area is 136 Å². The number of aromatic nitrogens is 4. The lowest BCUT2D eigenvalue weighted by Crippen LogP contribution is -2.38. The molecule has 2 aromatic heterocycles. The van der Waals surface area contributed by atoms with Crippen LogP contribution in [0, 0.1) is 0 Å². The van der Waals surface area contributed by atoms with E-state index >= 15 is 0 Å². The lowest BCUT2D eigenvalue weighted by molar-refractivity contribution is 0.314. The fourth-order valence-electron chi connectivity index (χ4n) is 2.85. The minimum absolute atomic E-state index is 0.110. The first-order valence-corrected chi connectivity index (χ1v) is 9.62. The molecule has 3 heterocycles. The number of hydrogen-bond acceptors (Lipinski definition) is 5. The Balaban J connectivity index is 1.76. The van der Waals surface area contributed by atoms with E-state index in [1.54, 1.807) is 18.6 Å². The van der Waals surface area contributed by atoms with Gasteiger partial charge in [-0.3, -0.25) is 14.6 Å². The van der Waals surface area contributed by atoms with Crippen LogP contribution >= 0.6 is 0 Å². The first-order chi connectivity index (χ1) is 11.0. The molecule has 3 rings (SSSR count). The summed E-state index contributed by atoms with van der Waals surface area (Å²) in [5.74, 6) is 0.110. The first kappa shape index (κ1) is 16.1. The maximum Gasteiger partial charge on any atom is 0.211 e. The van der Waals surface area contributed by atoms with Crippen LogP contribution in [0.1, 0.15) is 31.4 Å². The molecule has 1 saturated heterocycles. The molecule has 0 saturated carbocycles. The van der Waals surface area contributed by atoms with E-state index in [0.29, 0.717) is 13.1 Å². The summed E-state index contributed by atoms with van der Waals surface area (Å²) in [6.45, 7) is 3.93. The van der Waals surface area contributed by atoms with E-state index in [9.17, 15) is 8.42 Å². The predicted molar refractivity (Wildman–Crippen MR) is 87.3 cm³/mol. The third-order valence-electron chi connectivity index (χ3n) is 4.20. The van der Waals surface area contributed by atoms with Gasteiger partial charge in [0.1, 0.15) is 0 Å². The molecular weight excluding hydrogens is 314 g/mol. The summed E-state index contributed by atoms with van der Waals surface area (Å²) in [5, 5.41) is 4.24. The molecule has 0 aromatic carbocycles. The van der Waals surface area contributed by atoms with Crippen molar-refractivity contribution >= 4 is 10.0 Å². The maximum atomic E-state index is 11.7. The number of hydrogen-bond donors (Lipinski definition) is 0. The molecule has 23 heavy (non-hydrogen) atoms. The van der Waals surface area contributed by atoms with E-state index in [1.165, 1.54) is 10.6 Å². The van der Waals surface area contributed by atoms with Gasteiger partial charge in [0.2, 0.25) is 10.0 Å². The molecule has 8 heteroatoms. The summed E-state index contributed by atoms with van der Waals surface area (Å²) in [4.78, 5) is 8.98. The summed E-state index contributed by atoms with van der Waals surface area (Å²) in [6, 6.07) is 0. The van der Waals surface area contributed by atoms with Gasteiger partial charge in [-0.1, -0.05) is 0 Å². The molecule has 1 aliphatic rings. The largest absolute Gasteiger partial charge is 0.272 e. The van der Waals surface area contributed by atoms with Crippen LogP contribution in [0.25, 0.3) is 11.3 Å². The standard InChI is InChI=1S/C15H21N5O2S/c1-3-19-10-13(7-18-19)15-9-16-14(8-17-15)12-5-4-6-20(11-12)23(2,21)22/h7-10,12H,3-6,11H2,1-2H3. The van der Waals surface area contributed by atoms with Crippen molar-refractivity contribution in [3.8, 4) is 11.3 Å². The Hall–Kier alpha value is -1.80. The molecule has 124 valence electrons. The molecule has 1 unspecified atom stereocenters. The van der Waals surface area contributed by atoms with Crippen LogP contribution in [0.2, 0.25) is 0 Å². The van der Waals surface area contributed by atoms with Crippen molar-refractivity contribution in [1.82, 2.24) is 24.1 Å². The molecular formula is C15H21N5O2S. The monoisotopic (exact) mass is 335 g/mol. The second kappa shape index (κ2) is 6.37. The van der Waals surface area contributed by atoms with Gasteiger partial charge in [0, 0.05) is 43.5 Å². The normalized spacial score (nSPS) is 19.8. The molecule has 0 N–H and O–H groups in total. The Bertz CT molecular complexity index is 769. The average Bonchev–Trinajstić information content (AvgIpc) is 3.03. The third-order valence-corrected chi connectivity index (χ3v) is 5.47. The molecule has 0 aliphatic carbocycles. The van der Waals surface area contributed by atoms with Crippen LogP contribution in [0.3, 0.4) is 0 Å². The van der Waals surface area contributed by atoms with Crippen LogP contribution in [-0.2, 0) is 16.6 Å². The molecule has 1 aliphatic heterocycles. The maximum absolute atomic E-state index is 11.7. The highest BCUT2D eigenvalue weighted by Gasteiger charge is 2.27. The average molecular weight is 335 g/mol. The van der Waals surface area contributed by atoms with Crippen molar-refractivity contribution in [3.05, 3.63) is 30.5 Å². The van der Waals surface area contributed by atoms with Crippen LogP contribution in [0.4, 0.5) is 0 Å². The second-order valence-electron chi connectivity index (χ2n) is 5.87. The van der Waals surface area contributed by atoms with Gasteiger partial charge in [0.25, 0.3) is 0 Å². The summed E-state index contributed by atoms with van der Waals surface area (Å²) in [7, 11) is -3.14. The SMILES string of the molecule is CCn1cc(-c2cnc(C3CCCN(S(C)(=O)=O)C3)cn2)cn1. The van der Waals surface area contributed by atoms with Crippen LogP contribution < -0.4 is 0 Å². The highest BCUT2D eigenvalue weighted by molar-refractivity contribution is 7.88. The number of piperidine rings is 1. The molecule has 0 radical (unpaired) electrons. The minimum atomic E-state index is -3.14. The van der Waals surface area contributed by atoms with Crippen LogP contribution in [-0.4, -0.2) is 51.8 Å². The van der Waals surface area contributed by atoms with Crippen molar-refractivity contribution in [1.29, 1.82) is 0 Å². The zero-order valence-corrected chi connectivity index (χ0v) is 14.2. The summed E-state index contributed by atoms with van der Waals surface area (Å²) in [5.41, 5.74) is 2.57. The second-order valence-corrected chi connectivity index (χ2v) is 7.85. The lowest BCUT2D eigenvalue weighted by Gasteiger charge is -2.30.